The number of nitrogens with one attached hydrogen (secondary N) is 1. The van der Waals surface area contributed by atoms with Gasteiger partial charge in [-0.2, -0.15) is 0 Å². The van der Waals surface area contributed by atoms with Crippen LogP contribution in [0.4, 0.5) is 5.69 Å². The molecule has 0 fully saturated rings. The van der Waals surface area contributed by atoms with Gasteiger partial charge < -0.3 is 15.0 Å². The Kier molecular flexibility index (Phi) is 2.92. The zero-order valence-corrected chi connectivity index (χ0v) is 9.10. The molecule has 4 heteroatoms. The smallest absolute Gasteiger partial charge is 0.252 e. The molecule has 0 aliphatic rings. The maximum atomic E-state index is 11.7. The molecule has 0 spiro atoms. The van der Waals surface area contributed by atoms with Crippen LogP contribution in [0.1, 0.15) is 0 Å². The number of hydrogen-bond donors (Lipinski definition) is 2. The Balaban J connectivity index is 2.65. The van der Waals surface area contributed by atoms with Crippen LogP contribution in [-0.2, 0) is 7.05 Å². The maximum absolute atomic E-state index is 11.7. The second kappa shape index (κ2) is 4.37. The number of aromatic nitrogens is 1. The fourth-order valence-electron chi connectivity index (χ4n) is 1.75. The van der Waals surface area contributed by atoms with Crippen molar-refractivity contribution in [2.75, 3.05) is 18.5 Å². The molecule has 16 heavy (non-hydrogen) atoms. The van der Waals surface area contributed by atoms with Gasteiger partial charge in [-0.15, -0.1) is 0 Å². The van der Waals surface area contributed by atoms with Gasteiger partial charge >= 0.3 is 0 Å². The lowest BCUT2D eigenvalue weighted by Gasteiger charge is -2.11. The molecule has 0 amide bonds. The van der Waals surface area contributed by atoms with E-state index in [1.165, 1.54) is 0 Å². The summed E-state index contributed by atoms with van der Waals surface area (Å²) in [5.41, 5.74) is 1.60. The molecule has 1 heterocycles. The van der Waals surface area contributed by atoms with Crippen molar-refractivity contribution in [2.45, 2.75) is 0 Å². The van der Waals surface area contributed by atoms with Crippen molar-refractivity contribution in [3.63, 3.8) is 0 Å². The van der Waals surface area contributed by atoms with Crippen LogP contribution in [0.15, 0.2) is 35.1 Å². The van der Waals surface area contributed by atoms with Crippen molar-refractivity contribution in [3.05, 3.63) is 40.7 Å². The molecule has 0 radical (unpaired) electrons. The monoisotopic (exact) mass is 218 g/mol. The van der Waals surface area contributed by atoms with E-state index in [1.807, 2.05) is 24.3 Å². The molecule has 0 aliphatic carbocycles. The lowest BCUT2D eigenvalue weighted by molar-refractivity contribution is 0.311. The van der Waals surface area contributed by atoms with Crippen molar-refractivity contribution < 1.29 is 5.11 Å². The molecule has 2 N–H and O–H groups in total. The van der Waals surface area contributed by atoms with Crippen LogP contribution < -0.4 is 10.9 Å². The minimum absolute atomic E-state index is 0.0452. The van der Waals surface area contributed by atoms with Crippen molar-refractivity contribution in [3.8, 4) is 0 Å². The van der Waals surface area contributed by atoms with E-state index in [0.29, 0.717) is 6.54 Å². The van der Waals surface area contributed by atoms with Crippen LogP contribution in [0.5, 0.6) is 0 Å². The highest BCUT2D eigenvalue weighted by molar-refractivity contribution is 5.91. The summed E-state index contributed by atoms with van der Waals surface area (Å²) in [5.74, 6) is 0. The summed E-state index contributed by atoms with van der Waals surface area (Å²) in [5, 5.41) is 12.8. The summed E-state index contributed by atoms with van der Waals surface area (Å²) in [4.78, 5) is 11.7. The van der Waals surface area contributed by atoms with E-state index in [9.17, 15) is 4.79 Å². The Labute approximate surface area is 93.1 Å². The third kappa shape index (κ3) is 1.79. The largest absolute Gasteiger partial charge is 0.395 e. The molecule has 2 rings (SSSR count). The maximum Gasteiger partial charge on any atom is 0.252 e. The first kappa shape index (κ1) is 10.7. The average molecular weight is 218 g/mol. The first-order chi connectivity index (χ1) is 7.74. The van der Waals surface area contributed by atoms with E-state index in [1.54, 1.807) is 17.7 Å². The molecule has 0 aliphatic heterocycles. The van der Waals surface area contributed by atoms with Crippen LogP contribution in [-0.4, -0.2) is 22.8 Å². The van der Waals surface area contributed by atoms with Crippen LogP contribution in [0.3, 0.4) is 0 Å². The molecule has 0 unspecified atom stereocenters. The first-order valence-corrected chi connectivity index (χ1v) is 5.17. The summed E-state index contributed by atoms with van der Waals surface area (Å²) in [6.45, 7) is 0.487. The van der Waals surface area contributed by atoms with Crippen LogP contribution >= 0.6 is 0 Å². The van der Waals surface area contributed by atoms with E-state index >= 15 is 0 Å². The van der Waals surface area contributed by atoms with Crippen molar-refractivity contribution in [1.82, 2.24) is 4.57 Å². The number of nitrogens with zero attached hydrogens (tertiary/aromatic N) is 1. The topological polar surface area (TPSA) is 54.3 Å². The van der Waals surface area contributed by atoms with E-state index in [0.717, 1.165) is 16.6 Å². The second-order valence-corrected chi connectivity index (χ2v) is 3.62. The summed E-state index contributed by atoms with van der Waals surface area (Å²) in [7, 11) is 1.75. The lowest BCUT2D eigenvalue weighted by atomic mass is 10.2. The number of fused-ring (bicyclic) bond motifs is 1. The number of aliphatic hydroxyl groups excluding tert-OH is 1. The summed E-state index contributed by atoms with van der Waals surface area (Å²) < 4.78 is 1.61. The number of hydrogen-bond acceptors (Lipinski definition) is 3. The Morgan fingerprint density at radius 2 is 2.12 bits per heavy atom. The fourth-order valence-corrected chi connectivity index (χ4v) is 1.75. The number of pyridine rings is 1. The van der Waals surface area contributed by atoms with Gasteiger partial charge in [-0.1, -0.05) is 18.2 Å². The predicted octanol–water partition coefficient (Wildman–Crippen LogP) is 0.943. The van der Waals surface area contributed by atoms with Crippen molar-refractivity contribution in [2.24, 2.45) is 7.05 Å². The Morgan fingerprint density at radius 1 is 1.38 bits per heavy atom. The average Bonchev–Trinajstić information content (AvgIpc) is 2.32. The van der Waals surface area contributed by atoms with Gasteiger partial charge in [-0.05, 0) is 6.07 Å². The molecule has 0 saturated carbocycles. The minimum atomic E-state index is -0.0564. The van der Waals surface area contributed by atoms with Crippen molar-refractivity contribution in [1.29, 1.82) is 0 Å². The number of aliphatic hydroxyl groups is 1. The Bertz CT molecular complexity index is 560. The number of para-hydroxylation sites is 1. The van der Waals surface area contributed by atoms with Crippen molar-refractivity contribution >= 4 is 16.6 Å². The lowest BCUT2D eigenvalue weighted by Crippen LogP contribution is -2.18. The van der Waals surface area contributed by atoms with Gasteiger partial charge in [0, 0.05) is 30.7 Å². The van der Waals surface area contributed by atoms with E-state index in [2.05, 4.69) is 5.32 Å². The third-order valence-electron chi connectivity index (χ3n) is 2.58. The summed E-state index contributed by atoms with van der Waals surface area (Å²) in [6, 6.07) is 9.24. The van der Waals surface area contributed by atoms with Crippen LogP contribution in [0.25, 0.3) is 10.9 Å². The summed E-state index contributed by atoms with van der Waals surface area (Å²) >= 11 is 0. The molecule has 84 valence electrons. The molecular formula is C12H14N2O2. The highest BCUT2D eigenvalue weighted by atomic mass is 16.3. The van der Waals surface area contributed by atoms with Gasteiger partial charge in [0.1, 0.15) is 0 Å². The molecular weight excluding hydrogens is 204 g/mol. The minimum Gasteiger partial charge on any atom is -0.395 e. The zero-order chi connectivity index (χ0) is 11.5. The van der Waals surface area contributed by atoms with Gasteiger partial charge in [-0.25, -0.2) is 0 Å². The zero-order valence-electron chi connectivity index (χ0n) is 9.10. The summed E-state index contributed by atoms with van der Waals surface area (Å²) in [6.07, 6.45) is 0. The molecule has 0 bridgehead atoms. The van der Waals surface area contributed by atoms with Gasteiger partial charge in [0.25, 0.3) is 5.56 Å². The highest BCUT2D eigenvalue weighted by Crippen LogP contribution is 2.20. The first-order valence-electron chi connectivity index (χ1n) is 5.17. The fraction of sp³-hybridized carbons (Fsp3) is 0.250. The second-order valence-electron chi connectivity index (χ2n) is 3.62. The molecule has 0 atom stereocenters. The van der Waals surface area contributed by atoms with Gasteiger partial charge in [-0.3, -0.25) is 4.79 Å². The molecule has 0 saturated heterocycles. The number of anilines is 1. The van der Waals surface area contributed by atoms with Crippen LogP contribution in [0, 0.1) is 0 Å². The van der Waals surface area contributed by atoms with Gasteiger partial charge in [0.05, 0.1) is 12.1 Å². The predicted molar refractivity (Wildman–Crippen MR) is 64.8 cm³/mol. The highest BCUT2D eigenvalue weighted by Gasteiger charge is 2.04. The molecule has 4 nitrogen and oxygen atoms in total. The molecule has 2 aromatic rings. The van der Waals surface area contributed by atoms with Gasteiger partial charge in [0.2, 0.25) is 0 Å². The Morgan fingerprint density at radius 3 is 2.88 bits per heavy atom. The Hall–Kier alpha value is -1.81. The number of rotatable bonds is 3. The number of aryl methyl sites for hydroxylation is 1. The van der Waals surface area contributed by atoms with E-state index in [-0.39, 0.29) is 12.2 Å². The number of benzene rings is 1. The van der Waals surface area contributed by atoms with Gasteiger partial charge in [0.15, 0.2) is 0 Å². The standard InChI is InChI=1S/C12H14N2O2/c1-14-11-5-3-2-4-9(11)10(8-12(14)16)13-6-7-15/h2-5,8,13,15H,6-7H2,1H3. The normalized spacial score (nSPS) is 10.6. The van der Waals surface area contributed by atoms with E-state index in [4.69, 9.17) is 5.11 Å². The quantitative estimate of drug-likeness (QED) is 0.806. The van der Waals surface area contributed by atoms with Crippen LogP contribution in [0.2, 0.25) is 0 Å². The molecule has 1 aromatic carbocycles. The van der Waals surface area contributed by atoms with E-state index < -0.39 is 0 Å². The third-order valence-corrected chi connectivity index (χ3v) is 2.58. The SMILES string of the molecule is Cn1c(=O)cc(NCCO)c2ccccc21. The molecule has 1 aromatic heterocycles.